The van der Waals surface area contributed by atoms with Gasteiger partial charge in [-0.15, -0.1) is 11.3 Å². The van der Waals surface area contributed by atoms with E-state index in [1.807, 2.05) is 11.3 Å². The third kappa shape index (κ3) is 2.65. The first-order chi connectivity index (χ1) is 7.83. The molecule has 0 aliphatic carbocycles. The Labute approximate surface area is 103 Å². The Morgan fingerprint density at radius 1 is 1.44 bits per heavy atom. The summed E-state index contributed by atoms with van der Waals surface area (Å²) >= 11 is 3.04. The van der Waals surface area contributed by atoms with Crippen LogP contribution in [0.25, 0.3) is 0 Å². The molecule has 0 aromatic carbocycles. The molecule has 0 bridgehead atoms. The number of nitrogens with zero attached hydrogens (tertiary/aromatic N) is 2. The smallest absolute Gasteiger partial charge is 0.0929 e. The van der Waals surface area contributed by atoms with E-state index in [2.05, 4.69) is 33.2 Å². The summed E-state index contributed by atoms with van der Waals surface area (Å²) in [6.07, 6.45) is 3.72. The van der Waals surface area contributed by atoms with E-state index in [0.29, 0.717) is 0 Å². The fourth-order valence-electron chi connectivity index (χ4n) is 1.50. The molecule has 3 N–H and O–H groups in total. The van der Waals surface area contributed by atoms with Gasteiger partial charge in [-0.1, -0.05) is 6.92 Å². The van der Waals surface area contributed by atoms with Gasteiger partial charge in [0.05, 0.1) is 29.7 Å². The van der Waals surface area contributed by atoms with E-state index >= 15 is 0 Å². The largest absolute Gasteiger partial charge is 0.271 e. The summed E-state index contributed by atoms with van der Waals surface area (Å²) in [6, 6.07) is 4.39. The van der Waals surface area contributed by atoms with E-state index in [-0.39, 0.29) is 6.04 Å². The van der Waals surface area contributed by atoms with Gasteiger partial charge >= 0.3 is 0 Å². The summed E-state index contributed by atoms with van der Waals surface area (Å²) in [5.41, 5.74) is 3.71. The molecular formula is C10H14N4S2. The van der Waals surface area contributed by atoms with Gasteiger partial charge in [0.1, 0.15) is 0 Å². The molecule has 1 atom stereocenters. The monoisotopic (exact) mass is 254 g/mol. The van der Waals surface area contributed by atoms with Crippen LogP contribution in [-0.2, 0) is 12.8 Å². The van der Waals surface area contributed by atoms with E-state index in [9.17, 15) is 0 Å². The highest BCUT2D eigenvalue weighted by molar-refractivity contribution is 7.12. The zero-order valence-electron chi connectivity index (χ0n) is 9.01. The van der Waals surface area contributed by atoms with Crippen LogP contribution in [0.1, 0.15) is 28.4 Å². The van der Waals surface area contributed by atoms with Crippen LogP contribution < -0.4 is 11.3 Å². The van der Waals surface area contributed by atoms with E-state index < -0.39 is 0 Å². The number of rotatable bonds is 5. The maximum Gasteiger partial charge on any atom is 0.0929 e. The van der Waals surface area contributed by atoms with Crippen molar-refractivity contribution < 1.29 is 0 Å². The van der Waals surface area contributed by atoms with Crippen LogP contribution in [0.5, 0.6) is 0 Å². The molecule has 2 aromatic rings. The molecule has 0 fully saturated rings. The first-order valence-electron chi connectivity index (χ1n) is 5.14. The third-order valence-corrected chi connectivity index (χ3v) is 4.15. The molecule has 4 nitrogen and oxygen atoms in total. The fourth-order valence-corrected chi connectivity index (χ4v) is 2.97. The van der Waals surface area contributed by atoms with E-state index in [0.717, 1.165) is 18.5 Å². The highest BCUT2D eigenvalue weighted by Crippen LogP contribution is 2.23. The number of hydrogen-bond acceptors (Lipinski definition) is 6. The van der Waals surface area contributed by atoms with Gasteiger partial charge in [0.25, 0.3) is 0 Å². The van der Waals surface area contributed by atoms with Crippen molar-refractivity contribution in [3.8, 4) is 0 Å². The summed E-state index contributed by atoms with van der Waals surface area (Å²) in [6.45, 7) is 2.17. The number of hydrazine groups is 1. The van der Waals surface area contributed by atoms with Crippen LogP contribution in [0.2, 0.25) is 0 Å². The number of thiophene rings is 1. The van der Waals surface area contributed by atoms with Gasteiger partial charge in [-0.05, 0) is 18.6 Å². The van der Waals surface area contributed by atoms with Gasteiger partial charge in [0.2, 0.25) is 0 Å². The van der Waals surface area contributed by atoms with Gasteiger partial charge in [0, 0.05) is 16.2 Å². The van der Waals surface area contributed by atoms with Gasteiger partial charge in [-0.3, -0.25) is 11.3 Å². The lowest BCUT2D eigenvalue weighted by atomic mass is 10.1. The van der Waals surface area contributed by atoms with Crippen molar-refractivity contribution in [2.45, 2.75) is 25.8 Å². The molecule has 0 spiro atoms. The second-order valence-electron chi connectivity index (χ2n) is 3.48. The summed E-state index contributed by atoms with van der Waals surface area (Å²) in [7, 11) is 0. The molecule has 2 rings (SSSR count). The molecule has 1 unspecified atom stereocenters. The highest BCUT2D eigenvalue weighted by Gasteiger charge is 2.14. The number of hydrogen-bond donors (Lipinski definition) is 2. The maximum atomic E-state index is 5.54. The lowest BCUT2D eigenvalue weighted by molar-refractivity contribution is 0.545. The minimum absolute atomic E-state index is 0.0575. The van der Waals surface area contributed by atoms with Crippen LogP contribution in [0.15, 0.2) is 18.3 Å². The fraction of sp³-hybridized carbons (Fsp3) is 0.400. The van der Waals surface area contributed by atoms with Crippen molar-refractivity contribution in [3.63, 3.8) is 0 Å². The molecule has 16 heavy (non-hydrogen) atoms. The molecule has 0 radical (unpaired) electrons. The second-order valence-corrected chi connectivity index (χ2v) is 5.29. The number of nitrogens with two attached hydrogens (primary N) is 1. The van der Waals surface area contributed by atoms with Crippen LogP contribution in [0.3, 0.4) is 0 Å². The Kier molecular flexibility index (Phi) is 4.00. The number of nitrogens with one attached hydrogen (secondary N) is 1. The molecule has 6 heteroatoms. The number of aromatic nitrogens is 2. The molecule has 2 aromatic heterocycles. The Morgan fingerprint density at radius 2 is 2.25 bits per heavy atom. The van der Waals surface area contributed by atoms with Crippen LogP contribution in [0.4, 0.5) is 0 Å². The van der Waals surface area contributed by atoms with Gasteiger partial charge in [-0.25, -0.2) is 0 Å². The molecule has 0 amide bonds. The quantitative estimate of drug-likeness (QED) is 0.632. The predicted octanol–water partition coefficient (Wildman–Crippen LogP) is 1.91. The third-order valence-electron chi connectivity index (χ3n) is 2.41. The lowest BCUT2D eigenvalue weighted by Crippen LogP contribution is -2.29. The molecule has 0 aliphatic heterocycles. The summed E-state index contributed by atoms with van der Waals surface area (Å²) in [4.78, 5) is 2.73. The highest BCUT2D eigenvalue weighted by atomic mass is 32.1. The summed E-state index contributed by atoms with van der Waals surface area (Å²) in [5, 5.41) is 0. The molecule has 0 saturated heterocycles. The first-order valence-corrected chi connectivity index (χ1v) is 6.69. The summed E-state index contributed by atoms with van der Waals surface area (Å²) < 4.78 is 8.20. The Balaban J connectivity index is 2.07. The van der Waals surface area contributed by atoms with Crippen molar-refractivity contribution >= 4 is 23.1 Å². The minimum Gasteiger partial charge on any atom is -0.271 e. The van der Waals surface area contributed by atoms with Crippen LogP contribution in [0, 0.1) is 0 Å². The molecular weight excluding hydrogens is 240 g/mol. The summed E-state index contributed by atoms with van der Waals surface area (Å²) in [5.74, 6) is 5.54. The van der Waals surface area contributed by atoms with Gasteiger partial charge < -0.3 is 0 Å². The van der Waals surface area contributed by atoms with Gasteiger partial charge in [0.15, 0.2) is 0 Å². The van der Waals surface area contributed by atoms with E-state index in [4.69, 9.17) is 5.84 Å². The molecule has 0 saturated carbocycles. The predicted molar refractivity (Wildman–Crippen MR) is 67.4 cm³/mol. The van der Waals surface area contributed by atoms with Crippen molar-refractivity contribution in [2.24, 2.45) is 5.84 Å². The van der Waals surface area contributed by atoms with Crippen molar-refractivity contribution in [3.05, 3.63) is 33.8 Å². The lowest BCUT2D eigenvalue weighted by Gasteiger charge is -2.11. The van der Waals surface area contributed by atoms with Crippen molar-refractivity contribution in [1.29, 1.82) is 0 Å². The first kappa shape index (κ1) is 11.7. The zero-order valence-corrected chi connectivity index (χ0v) is 10.6. The topological polar surface area (TPSA) is 63.8 Å². The van der Waals surface area contributed by atoms with Crippen LogP contribution >= 0.6 is 23.1 Å². The maximum absolute atomic E-state index is 5.54. The number of aryl methyl sites for hydroxylation is 1. The molecule has 0 aliphatic rings. The minimum atomic E-state index is 0.0575. The van der Waals surface area contributed by atoms with Crippen LogP contribution in [-0.4, -0.2) is 8.75 Å². The Hall–Kier alpha value is -0.820. The SMILES string of the molecule is CCc1ccc(CC(NN)c2cnsn2)s1. The van der Waals surface area contributed by atoms with Gasteiger partial charge in [-0.2, -0.15) is 8.75 Å². The second kappa shape index (κ2) is 5.49. The van der Waals surface area contributed by atoms with E-state index in [1.165, 1.54) is 21.5 Å². The average Bonchev–Trinajstić information content (AvgIpc) is 2.96. The molecule has 2 heterocycles. The Bertz CT molecular complexity index is 424. The average molecular weight is 254 g/mol. The standard InChI is InChI=1S/C10H14N4S2/c1-2-7-3-4-8(15-7)5-9(13-11)10-6-12-16-14-10/h3-4,6,9,13H,2,5,11H2,1H3. The zero-order chi connectivity index (χ0) is 11.4. The van der Waals surface area contributed by atoms with Crippen molar-refractivity contribution in [1.82, 2.24) is 14.2 Å². The van der Waals surface area contributed by atoms with Crippen molar-refractivity contribution in [2.75, 3.05) is 0 Å². The van der Waals surface area contributed by atoms with E-state index in [1.54, 1.807) is 6.20 Å². The molecule has 86 valence electrons. The normalized spacial score (nSPS) is 12.9. The Morgan fingerprint density at radius 3 is 2.81 bits per heavy atom.